The fraction of sp³-hybridized carbons (Fsp3) is 1.00. The summed E-state index contributed by atoms with van der Waals surface area (Å²) >= 11 is 0. The van der Waals surface area contributed by atoms with Gasteiger partial charge in [0.1, 0.15) is 0 Å². The molecule has 0 aliphatic carbocycles. The highest BCUT2D eigenvalue weighted by molar-refractivity contribution is 4.52. The Morgan fingerprint density at radius 3 is 1.95 bits per heavy atom. The molecule has 0 saturated carbocycles. The van der Waals surface area contributed by atoms with Gasteiger partial charge in [0.2, 0.25) is 0 Å². The predicted molar refractivity (Wildman–Crippen MR) is 80.3 cm³/mol. The van der Waals surface area contributed by atoms with E-state index in [1.165, 1.54) is 6.42 Å². The lowest BCUT2D eigenvalue weighted by molar-refractivity contribution is 0.00509. The van der Waals surface area contributed by atoms with E-state index in [-0.39, 0.29) is 18.2 Å². The van der Waals surface area contributed by atoms with Crippen LogP contribution in [0, 0.1) is 0 Å². The highest BCUT2D eigenvalue weighted by Crippen LogP contribution is 1.91. The van der Waals surface area contributed by atoms with Crippen LogP contribution >= 0.6 is 0 Å². The topological polar surface area (TPSA) is 79.7 Å². The Labute approximate surface area is 119 Å². The van der Waals surface area contributed by atoms with E-state index in [0.29, 0.717) is 19.8 Å². The van der Waals surface area contributed by atoms with E-state index in [1.54, 1.807) is 7.11 Å². The molecule has 118 valence electrons. The van der Waals surface area contributed by atoms with Crippen LogP contribution in [0.5, 0.6) is 0 Å². The molecular formula is C14H34N2O3. The van der Waals surface area contributed by atoms with Crippen LogP contribution in [-0.4, -0.2) is 51.7 Å². The third kappa shape index (κ3) is 23.3. The molecule has 5 nitrogen and oxygen atoms in total. The van der Waals surface area contributed by atoms with Gasteiger partial charge in [-0.15, -0.1) is 0 Å². The van der Waals surface area contributed by atoms with Gasteiger partial charge in [-0.2, -0.15) is 0 Å². The van der Waals surface area contributed by atoms with Gasteiger partial charge in [-0.05, 0) is 27.2 Å². The molecule has 0 amide bonds. The summed E-state index contributed by atoms with van der Waals surface area (Å²) in [6, 6.07) is 0.293. The van der Waals surface area contributed by atoms with Gasteiger partial charge in [-0.25, -0.2) is 0 Å². The van der Waals surface area contributed by atoms with Gasteiger partial charge in [-0.1, -0.05) is 13.3 Å². The molecule has 0 aromatic heterocycles. The first kappa shape index (κ1) is 21.1. The second-order valence-corrected chi connectivity index (χ2v) is 4.98. The van der Waals surface area contributed by atoms with Crippen LogP contribution in [0.15, 0.2) is 0 Å². The van der Waals surface area contributed by atoms with Crippen LogP contribution in [0.25, 0.3) is 0 Å². The van der Waals surface area contributed by atoms with Crippen LogP contribution < -0.4 is 11.5 Å². The van der Waals surface area contributed by atoms with Crippen molar-refractivity contribution >= 4 is 0 Å². The summed E-state index contributed by atoms with van der Waals surface area (Å²) in [5, 5.41) is 0. The summed E-state index contributed by atoms with van der Waals surface area (Å²) in [7, 11) is 1.66. The third-order valence-electron chi connectivity index (χ3n) is 2.07. The maximum atomic E-state index is 5.47. The molecule has 0 spiro atoms. The maximum absolute atomic E-state index is 5.47. The van der Waals surface area contributed by atoms with Crippen LogP contribution in [0.2, 0.25) is 0 Å². The van der Waals surface area contributed by atoms with E-state index in [4.69, 9.17) is 25.7 Å². The molecule has 0 aliphatic rings. The number of ether oxygens (including phenoxy) is 3. The van der Waals surface area contributed by atoms with E-state index < -0.39 is 0 Å². The Hall–Kier alpha value is -0.200. The Bertz CT molecular complexity index is 167. The van der Waals surface area contributed by atoms with E-state index in [1.807, 2.05) is 20.8 Å². The summed E-state index contributed by atoms with van der Waals surface area (Å²) in [6.07, 6.45) is 2.49. The summed E-state index contributed by atoms with van der Waals surface area (Å²) in [4.78, 5) is 0. The number of hydrogen-bond acceptors (Lipinski definition) is 5. The van der Waals surface area contributed by atoms with Crippen molar-refractivity contribution < 1.29 is 14.2 Å². The van der Waals surface area contributed by atoms with Crippen LogP contribution in [0.1, 0.15) is 40.5 Å². The molecule has 0 bridgehead atoms. The van der Waals surface area contributed by atoms with Crippen LogP contribution in [0.3, 0.4) is 0 Å². The van der Waals surface area contributed by atoms with E-state index >= 15 is 0 Å². The second kappa shape index (κ2) is 15.9. The van der Waals surface area contributed by atoms with Crippen molar-refractivity contribution in [2.45, 2.75) is 58.7 Å². The number of unbranched alkanes of at least 4 members (excludes halogenated alkanes) is 1. The number of methoxy groups -OCH3 is 1. The van der Waals surface area contributed by atoms with E-state index in [2.05, 4.69) is 6.92 Å². The minimum absolute atomic E-state index is 0.110. The first-order chi connectivity index (χ1) is 8.93. The van der Waals surface area contributed by atoms with Gasteiger partial charge in [-0.3, -0.25) is 0 Å². The highest BCUT2D eigenvalue weighted by atomic mass is 16.5. The molecule has 0 rings (SSSR count). The fourth-order valence-corrected chi connectivity index (χ4v) is 1.11. The Morgan fingerprint density at radius 1 is 0.947 bits per heavy atom. The monoisotopic (exact) mass is 278 g/mol. The largest absolute Gasteiger partial charge is 0.382 e. The summed E-state index contributed by atoms with van der Waals surface area (Å²) in [5.74, 6) is 0. The quantitative estimate of drug-likeness (QED) is 0.592. The minimum atomic E-state index is 0.110. The lowest BCUT2D eigenvalue weighted by atomic mass is 10.3. The van der Waals surface area contributed by atoms with Gasteiger partial charge in [0.05, 0.1) is 25.9 Å². The van der Waals surface area contributed by atoms with Crippen molar-refractivity contribution in [3.8, 4) is 0 Å². The predicted octanol–water partition coefficient (Wildman–Crippen LogP) is 1.54. The lowest BCUT2D eigenvalue weighted by Gasteiger charge is -2.13. The van der Waals surface area contributed by atoms with Gasteiger partial charge in [0, 0.05) is 25.8 Å². The standard InChI is InChI=1S/C7H17NO2.C7H17NO/c1-6(8)4-10-7(2)5-9-3;1-3-4-5-9-6-7(2)8/h6-7H,4-5,8H2,1-3H3;7H,3-6,8H2,1-2H3. The molecule has 0 aromatic carbocycles. The van der Waals surface area contributed by atoms with Crippen molar-refractivity contribution in [2.24, 2.45) is 11.5 Å². The molecule has 0 aromatic rings. The SMILES string of the molecule is CCCCOCC(C)N.COCC(C)OCC(C)N. The molecule has 0 heterocycles. The summed E-state index contributed by atoms with van der Waals surface area (Å²) < 4.78 is 15.4. The van der Waals surface area contributed by atoms with Crippen LogP contribution in [0.4, 0.5) is 0 Å². The Morgan fingerprint density at radius 2 is 1.53 bits per heavy atom. The molecule has 0 radical (unpaired) electrons. The average Bonchev–Trinajstić information content (AvgIpc) is 2.33. The molecule has 19 heavy (non-hydrogen) atoms. The van der Waals surface area contributed by atoms with Crippen molar-refractivity contribution in [1.29, 1.82) is 0 Å². The van der Waals surface area contributed by atoms with Crippen molar-refractivity contribution in [3.63, 3.8) is 0 Å². The second-order valence-electron chi connectivity index (χ2n) is 4.98. The van der Waals surface area contributed by atoms with Crippen molar-refractivity contribution in [2.75, 3.05) is 33.5 Å². The zero-order chi connectivity index (χ0) is 15.1. The normalized spacial score (nSPS) is 15.3. The minimum Gasteiger partial charge on any atom is -0.382 e. The number of nitrogens with two attached hydrogens (primary N) is 2. The van der Waals surface area contributed by atoms with Crippen LogP contribution in [-0.2, 0) is 14.2 Å². The van der Waals surface area contributed by atoms with Crippen molar-refractivity contribution in [1.82, 2.24) is 0 Å². The highest BCUT2D eigenvalue weighted by Gasteiger charge is 2.01. The smallest absolute Gasteiger partial charge is 0.0781 e. The maximum Gasteiger partial charge on any atom is 0.0781 e. The molecule has 0 fully saturated rings. The Balaban J connectivity index is 0. The molecule has 3 atom stereocenters. The molecule has 0 aliphatic heterocycles. The zero-order valence-electron chi connectivity index (χ0n) is 13.4. The Kier molecular flexibility index (Phi) is 17.6. The first-order valence-corrected chi connectivity index (χ1v) is 7.13. The molecule has 4 N–H and O–H groups in total. The number of hydrogen-bond donors (Lipinski definition) is 2. The average molecular weight is 278 g/mol. The molecule has 3 unspecified atom stereocenters. The van der Waals surface area contributed by atoms with Gasteiger partial charge in [0.25, 0.3) is 0 Å². The molecular weight excluding hydrogens is 244 g/mol. The number of rotatable bonds is 10. The van der Waals surface area contributed by atoms with E-state index in [0.717, 1.165) is 13.0 Å². The van der Waals surface area contributed by atoms with E-state index in [9.17, 15) is 0 Å². The van der Waals surface area contributed by atoms with Gasteiger partial charge < -0.3 is 25.7 Å². The lowest BCUT2D eigenvalue weighted by Crippen LogP contribution is -2.26. The third-order valence-corrected chi connectivity index (χ3v) is 2.07. The van der Waals surface area contributed by atoms with Gasteiger partial charge >= 0.3 is 0 Å². The summed E-state index contributed by atoms with van der Waals surface area (Å²) in [6.45, 7) is 10.8. The van der Waals surface area contributed by atoms with Crippen molar-refractivity contribution in [3.05, 3.63) is 0 Å². The molecule has 5 heteroatoms. The van der Waals surface area contributed by atoms with Gasteiger partial charge in [0.15, 0.2) is 0 Å². The zero-order valence-corrected chi connectivity index (χ0v) is 13.4. The molecule has 0 saturated heterocycles. The first-order valence-electron chi connectivity index (χ1n) is 7.13. The fourth-order valence-electron chi connectivity index (χ4n) is 1.11. The summed E-state index contributed by atoms with van der Waals surface area (Å²) in [5.41, 5.74) is 10.9.